The molecule has 3 aromatic carbocycles. The Morgan fingerprint density at radius 2 is 1.16 bits per heavy atom. The SMILES string of the molecule is OC(OCCS)N1CCN(C(c2ccccc2)(c2ccccc2)c2ccccc2)CC1. The molecular formula is C26H30N2O2S. The van der Waals surface area contributed by atoms with Crippen molar-refractivity contribution in [1.29, 1.82) is 0 Å². The van der Waals surface area contributed by atoms with E-state index in [1.54, 1.807) is 0 Å². The van der Waals surface area contributed by atoms with Crippen LogP contribution >= 0.6 is 12.6 Å². The average molecular weight is 435 g/mol. The average Bonchev–Trinajstić information content (AvgIpc) is 2.85. The van der Waals surface area contributed by atoms with Crippen molar-refractivity contribution < 1.29 is 9.84 Å². The van der Waals surface area contributed by atoms with Crippen molar-refractivity contribution >= 4 is 12.6 Å². The molecule has 4 nitrogen and oxygen atoms in total. The molecule has 4 rings (SSSR count). The summed E-state index contributed by atoms with van der Waals surface area (Å²) in [6.45, 7) is 3.50. The molecule has 5 heteroatoms. The quantitative estimate of drug-likeness (QED) is 0.321. The summed E-state index contributed by atoms with van der Waals surface area (Å²) < 4.78 is 5.49. The molecule has 0 radical (unpaired) electrons. The lowest BCUT2D eigenvalue weighted by atomic mass is 9.75. The molecule has 0 aliphatic carbocycles. The summed E-state index contributed by atoms with van der Waals surface area (Å²) in [5, 5.41) is 10.4. The first-order valence-electron chi connectivity index (χ1n) is 10.8. The van der Waals surface area contributed by atoms with E-state index < -0.39 is 12.0 Å². The molecule has 1 fully saturated rings. The summed E-state index contributed by atoms with van der Waals surface area (Å²) in [5.74, 6) is 0.593. The second-order valence-electron chi connectivity index (χ2n) is 7.75. The predicted molar refractivity (Wildman–Crippen MR) is 128 cm³/mol. The lowest BCUT2D eigenvalue weighted by Gasteiger charge is -2.49. The second-order valence-corrected chi connectivity index (χ2v) is 8.20. The fourth-order valence-corrected chi connectivity index (χ4v) is 4.73. The van der Waals surface area contributed by atoms with Gasteiger partial charge in [0.05, 0.1) is 12.1 Å². The fraction of sp³-hybridized carbons (Fsp3) is 0.308. The number of piperazine rings is 1. The van der Waals surface area contributed by atoms with Gasteiger partial charge in [-0.2, -0.15) is 12.6 Å². The Morgan fingerprint density at radius 3 is 1.55 bits per heavy atom. The monoisotopic (exact) mass is 434 g/mol. The van der Waals surface area contributed by atoms with Gasteiger partial charge < -0.3 is 9.84 Å². The van der Waals surface area contributed by atoms with Gasteiger partial charge in [-0.05, 0) is 16.7 Å². The number of aliphatic hydroxyl groups is 1. The van der Waals surface area contributed by atoms with Crippen LogP contribution in [0.3, 0.4) is 0 Å². The van der Waals surface area contributed by atoms with Crippen LogP contribution in [0.5, 0.6) is 0 Å². The summed E-state index contributed by atoms with van der Waals surface area (Å²) in [6, 6.07) is 32.2. The molecule has 1 atom stereocenters. The molecule has 1 aliphatic heterocycles. The van der Waals surface area contributed by atoms with Gasteiger partial charge in [-0.3, -0.25) is 9.80 Å². The largest absolute Gasteiger partial charge is 0.356 e. The molecule has 0 spiro atoms. The van der Waals surface area contributed by atoms with E-state index in [1.807, 2.05) is 4.90 Å². The zero-order chi connectivity index (χ0) is 21.5. The molecule has 0 amide bonds. The van der Waals surface area contributed by atoms with E-state index >= 15 is 0 Å². The van der Waals surface area contributed by atoms with Crippen molar-refractivity contribution in [2.45, 2.75) is 12.0 Å². The lowest BCUT2D eigenvalue weighted by molar-refractivity contribution is -0.199. The first-order valence-corrected chi connectivity index (χ1v) is 11.5. The van der Waals surface area contributed by atoms with Gasteiger partial charge in [0.15, 0.2) is 0 Å². The summed E-state index contributed by atoms with van der Waals surface area (Å²) in [5.41, 5.74) is 3.32. The van der Waals surface area contributed by atoms with Crippen molar-refractivity contribution in [3.63, 3.8) is 0 Å². The van der Waals surface area contributed by atoms with Gasteiger partial charge in [-0.1, -0.05) is 91.0 Å². The number of hydrogen-bond acceptors (Lipinski definition) is 5. The van der Waals surface area contributed by atoms with Crippen molar-refractivity contribution in [2.24, 2.45) is 0 Å². The van der Waals surface area contributed by atoms with Crippen LogP contribution in [0.1, 0.15) is 16.7 Å². The zero-order valence-electron chi connectivity index (χ0n) is 17.7. The molecule has 0 bridgehead atoms. The number of thiol groups is 1. The Labute approximate surface area is 190 Å². The van der Waals surface area contributed by atoms with Crippen LogP contribution in [0.2, 0.25) is 0 Å². The highest BCUT2D eigenvalue weighted by Gasteiger charge is 2.43. The molecule has 0 saturated carbocycles. The van der Waals surface area contributed by atoms with Gasteiger partial charge in [-0.15, -0.1) is 0 Å². The number of benzene rings is 3. The molecule has 1 unspecified atom stereocenters. The lowest BCUT2D eigenvalue weighted by Crippen LogP contribution is -2.58. The number of aliphatic hydroxyl groups excluding tert-OH is 1. The van der Waals surface area contributed by atoms with Crippen LogP contribution in [-0.2, 0) is 10.3 Å². The van der Waals surface area contributed by atoms with E-state index in [4.69, 9.17) is 4.74 Å². The van der Waals surface area contributed by atoms with Crippen molar-refractivity contribution in [3.8, 4) is 0 Å². The summed E-state index contributed by atoms with van der Waals surface area (Å²) in [4.78, 5) is 4.53. The van der Waals surface area contributed by atoms with Crippen LogP contribution in [0.4, 0.5) is 0 Å². The van der Waals surface area contributed by atoms with Crippen molar-refractivity contribution in [1.82, 2.24) is 9.80 Å². The molecule has 1 N–H and O–H groups in total. The first-order chi connectivity index (χ1) is 15.3. The van der Waals surface area contributed by atoms with Gasteiger partial charge in [0.25, 0.3) is 0 Å². The first kappa shape index (κ1) is 22.1. The maximum atomic E-state index is 10.4. The molecular weight excluding hydrogens is 404 g/mol. The fourth-order valence-electron chi connectivity index (χ4n) is 4.63. The maximum absolute atomic E-state index is 10.4. The minimum atomic E-state index is -0.881. The van der Waals surface area contributed by atoms with Crippen LogP contribution < -0.4 is 0 Å². The standard InChI is InChI=1S/C26H30N2O2S/c29-25(30-20-21-31)27-16-18-28(19-17-27)26(22-10-4-1-5-11-22,23-12-6-2-7-13-23)24-14-8-3-9-15-24/h1-15,25,29,31H,16-21H2. The van der Waals surface area contributed by atoms with Gasteiger partial charge in [0.2, 0.25) is 6.41 Å². The van der Waals surface area contributed by atoms with Gasteiger partial charge in [0.1, 0.15) is 0 Å². The Kier molecular flexibility index (Phi) is 7.43. The topological polar surface area (TPSA) is 35.9 Å². The smallest absolute Gasteiger partial charge is 0.216 e. The highest BCUT2D eigenvalue weighted by Crippen LogP contribution is 2.42. The molecule has 3 aromatic rings. The predicted octanol–water partition coefficient (Wildman–Crippen LogP) is 3.82. The summed E-state index contributed by atoms with van der Waals surface area (Å²) in [7, 11) is 0. The van der Waals surface area contributed by atoms with Crippen molar-refractivity contribution in [3.05, 3.63) is 108 Å². The van der Waals surface area contributed by atoms with E-state index in [0.29, 0.717) is 12.4 Å². The zero-order valence-corrected chi connectivity index (χ0v) is 18.6. The maximum Gasteiger partial charge on any atom is 0.216 e. The molecule has 31 heavy (non-hydrogen) atoms. The molecule has 1 heterocycles. The molecule has 0 aromatic heterocycles. The van der Waals surface area contributed by atoms with E-state index in [1.165, 1.54) is 16.7 Å². The summed E-state index contributed by atoms with van der Waals surface area (Å²) >= 11 is 4.17. The van der Waals surface area contributed by atoms with Crippen LogP contribution in [0, 0.1) is 0 Å². The van der Waals surface area contributed by atoms with Crippen LogP contribution in [0.25, 0.3) is 0 Å². The Morgan fingerprint density at radius 1 is 0.742 bits per heavy atom. The third-order valence-electron chi connectivity index (χ3n) is 6.03. The van der Waals surface area contributed by atoms with E-state index in [-0.39, 0.29) is 0 Å². The van der Waals surface area contributed by atoms with Crippen LogP contribution in [0.15, 0.2) is 91.0 Å². The number of nitrogens with zero attached hydrogens (tertiary/aromatic N) is 2. The number of rotatable bonds is 8. The normalized spacial score (nSPS) is 16.8. The second kappa shape index (κ2) is 10.4. The number of ether oxygens (including phenoxy) is 1. The molecule has 1 aliphatic rings. The minimum Gasteiger partial charge on any atom is -0.356 e. The third kappa shape index (κ3) is 4.56. The Hall–Kier alpha value is -2.15. The Balaban J connectivity index is 1.75. The van der Waals surface area contributed by atoms with E-state index in [2.05, 4.69) is 109 Å². The minimum absolute atomic E-state index is 0.410. The Bertz CT molecular complexity index is 819. The third-order valence-corrected chi connectivity index (χ3v) is 6.22. The van der Waals surface area contributed by atoms with Crippen LogP contribution in [-0.4, -0.2) is 59.9 Å². The van der Waals surface area contributed by atoms with Gasteiger partial charge in [-0.25, -0.2) is 0 Å². The summed E-state index contributed by atoms with van der Waals surface area (Å²) in [6.07, 6.45) is -0.881. The van der Waals surface area contributed by atoms with E-state index in [0.717, 1.165) is 26.2 Å². The highest BCUT2D eigenvalue weighted by atomic mass is 32.1. The van der Waals surface area contributed by atoms with Gasteiger partial charge in [0, 0.05) is 31.9 Å². The molecule has 162 valence electrons. The highest BCUT2D eigenvalue weighted by molar-refractivity contribution is 7.80. The van der Waals surface area contributed by atoms with Gasteiger partial charge >= 0.3 is 0 Å². The van der Waals surface area contributed by atoms with Crippen molar-refractivity contribution in [2.75, 3.05) is 38.5 Å². The van der Waals surface area contributed by atoms with E-state index in [9.17, 15) is 5.11 Å². The number of hydrogen-bond donors (Lipinski definition) is 2. The molecule has 1 saturated heterocycles.